The molecule has 0 bridgehead atoms. The van der Waals surface area contributed by atoms with Crippen LogP contribution in [0.3, 0.4) is 0 Å². The van der Waals surface area contributed by atoms with Gasteiger partial charge in [0.1, 0.15) is 0 Å². The molecule has 1 fully saturated rings. The summed E-state index contributed by atoms with van der Waals surface area (Å²) in [6.45, 7) is 3.08. The van der Waals surface area contributed by atoms with Gasteiger partial charge in [-0.05, 0) is 56.4 Å². The molecule has 0 amide bonds. The van der Waals surface area contributed by atoms with Crippen molar-refractivity contribution >= 4 is 21.3 Å². The maximum Gasteiger partial charge on any atom is 0.241 e. The van der Waals surface area contributed by atoms with E-state index < -0.39 is 9.84 Å². The van der Waals surface area contributed by atoms with Crippen LogP contribution in [0.1, 0.15) is 49.8 Å². The van der Waals surface area contributed by atoms with Gasteiger partial charge in [-0.3, -0.25) is 4.68 Å². The molecule has 38 heavy (non-hydrogen) atoms. The van der Waals surface area contributed by atoms with Gasteiger partial charge in [-0.2, -0.15) is 5.10 Å². The predicted molar refractivity (Wildman–Crippen MR) is 145 cm³/mol. The second-order valence-corrected chi connectivity index (χ2v) is 12.2. The van der Waals surface area contributed by atoms with E-state index in [0.717, 1.165) is 53.6 Å². The third-order valence-electron chi connectivity index (χ3n) is 7.09. The lowest BCUT2D eigenvalue weighted by Crippen LogP contribution is -2.23. The molecular weight excluding hydrogens is 504 g/mol. The summed E-state index contributed by atoms with van der Waals surface area (Å²) in [5.74, 6) is 0.830. The van der Waals surface area contributed by atoms with Crippen LogP contribution in [0, 0.1) is 0 Å². The van der Waals surface area contributed by atoms with E-state index >= 15 is 0 Å². The smallest absolute Gasteiger partial charge is 0.241 e. The van der Waals surface area contributed by atoms with Crippen LogP contribution >= 0.6 is 0 Å². The summed E-state index contributed by atoms with van der Waals surface area (Å²) >= 11 is 0. The Bertz CT molecular complexity index is 1500. The molecule has 0 aliphatic heterocycles. The zero-order valence-electron chi connectivity index (χ0n) is 21.9. The Kier molecular flexibility index (Phi) is 7.51. The van der Waals surface area contributed by atoms with E-state index in [2.05, 4.69) is 21.5 Å². The van der Waals surface area contributed by atoms with Crippen LogP contribution < -0.4 is 5.32 Å². The minimum absolute atomic E-state index is 0.0606. The number of hydrogen-bond donors (Lipinski definition) is 2. The lowest BCUT2D eigenvalue weighted by atomic mass is 9.85. The zero-order valence-corrected chi connectivity index (χ0v) is 22.7. The SMILES string of the molecule is COC[C@H](C)Nc1ncc2c(-c3cnn(Cc4ccc(S(C)(=O)=O)cc4)c3)cc(C3CCC(O)CC3)n2n1. The van der Waals surface area contributed by atoms with Crippen LogP contribution in [-0.4, -0.2) is 70.0 Å². The van der Waals surface area contributed by atoms with Crippen molar-refractivity contribution in [1.29, 1.82) is 0 Å². The van der Waals surface area contributed by atoms with E-state index in [9.17, 15) is 13.5 Å². The van der Waals surface area contributed by atoms with Gasteiger partial charge >= 0.3 is 0 Å². The van der Waals surface area contributed by atoms with Crippen LogP contribution in [0.25, 0.3) is 16.6 Å². The lowest BCUT2D eigenvalue weighted by Gasteiger charge is -2.25. The maximum atomic E-state index is 11.8. The molecule has 1 aliphatic carbocycles. The number of aromatic nitrogens is 5. The predicted octanol–water partition coefficient (Wildman–Crippen LogP) is 3.51. The second kappa shape index (κ2) is 10.8. The highest BCUT2D eigenvalue weighted by atomic mass is 32.2. The molecule has 11 heteroatoms. The number of fused-ring (bicyclic) bond motifs is 1. The fraction of sp³-hybridized carbons (Fsp3) is 0.444. The van der Waals surface area contributed by atoms with Gasteiger partial charge in [0.2, 0.25) is 5.95 Å². The van der Waals surface area contributed by atoms with Crippen molar-refractivity contribution in [3.8, 4) is 11.1 Å². The quantitative estimate of drug-likeness (QED) is 0.332. The third-order valence-corrected chi connectivity index (χ3v) is 8.22. The van der Waals surface area contributed by atoms with Crippen molar-refractivity contribution in [1.82, 2.24) is 24.4 Å². The number of benzene rings is 1. The fourth-order valence-corrected chi connectivity index (χ4v) is 5.74. The molecule has 1 aromatic carbocycles. The van der Waals surface area contributed by atoms with Crippen molar-refractivity contribution in [2.75, 3.05) is 25.3 Å². The van der Waals surface area contributed by atoms with E-state index in [1.54, 1.807) is 19.2 Å². The number of methoxy groups -OCH3 is 1. The highest BCUT2D eigenvalue weighted by molar-refractivity contribution is 7.90. The monoisotopic (exact) mass is 538 g/mol. The summed E-state index contributed by atoms with van der Waals surface area (Å²) in [5, 5.41) is 22.8. The number of rotatable bonds is 9. The Labute approximate surface area is 222 Å². The van der Waals surface area contributed by atoms with Crippen LogP contribution in [0.4, 0.5) is 5.95 Å². The average molecular weight is 539 g/mol. The molecule has 1 atom stereocenters. The first-order valence-corrected chi connectivity index (χ1v) is 14.7. The van der Waals surface area contributed by atoms with Gasteiger partial charge in [0.15, 0.2) is 9.84 Å². The first-order valence-electron chi connectivity index (χ1n) is 12.9. The number of nitrogens with one attached hydrogen (secondary N) is 1. The molecule has 0 spiro atoms. The van der Waals surface area contributed by atoms with Crippen molar-refractivity contribution < 1.29 is 18.3 Å². The number of sulfone groups is 1. The molecule has 10 nitrogen and oxygen atoms in total. The van der Waals surface area contributed by atoms with Crippen LogP contribution in [0.15, 0.2) is 53.8 Å². The van der Waals surface area contributed by atoms with Gasteiger partial charge in [-0.1, -0.05) is 12.1 Å². The Balaban J connectivity index is 1.46. The molecule has 5 rings (SSSR count). The Morgan fingerprint density at radius 3 is 2.58 bits per heavy atom. The molecule has 1 saturated carbocycles. The summed E-state index contributed by atoms with van der Waals surface area (Å²) in [5.41, 5.74) is 4.92. The first kappa shape index (κ1) is 26.3. The highest BCUT2D eigenvalue weighted by Crippen LogP contribution is 2.37. The molecule has 1 aliphatic rings. The van der Waals surface area contributed by atoms with E-state index in [1.165, 1.54) is 6.26 Å². The number of anilines is 1. The van der Waals surface area contributed by atoms with Crippen LogP contribution in [-0.2, 0) is 21.1 Å². The van der Waals surface area contributed by atoms with Gasteiger partial charge in [-0.15, -0.1) is 5.10 Å². The third kappa shape index (κ3) is 5.74. The van der Waals surface area contributed by atoms with Crippen molar-refractivity contribution in [3.63, 3.8) is 0 Å². The van der Waals surface area contributed by atoms with Gasteiger partial charge in [-0.25, -0.2) is 17.9 Å². The maximum absolute atomic E-state index is 11.8. The molecule has 4 aromatic rings. The van der Waals surface area contributed by atoms with E-state index in [1.807, 2.05) is 46.8 Å². The Morgan fingerprint density at radius 1 is 1.16 bits per heavy atom. The summed E-state index contributed by atoms with van der Waals surface area (Å²) in [7, 11) is -1.56. The number of ether oxygens (including phenoxy) is 1. The molecule has 0 saturated heterocycles. The second-order valence-electron chi connectivity index (χ2n) is 10.2. The average Bonchev–Trinajstić information content (AvgIpc) is 3.49. The number of hydrogen-bond acceptors (Lipinski definition) is 8. The number of aliphatic hydroxyl groups excluding tert-OH is 1. The minimum Gasteiger partial charge on any atom is -0.393 e. The summed E-state index contributed by atoms with van der Waals surface area (Å²) in [4.78, 5) is 4.88. The van der Waals surface area contributed by atoms with Crippen molar-refractivity contribution in [2.45, 2.75) is 62.1 Å². The van der Waals surface area contributed by atoms with E-state index in [0.29, 0.717) is 29.9 Å². The first-order chi connectivity index (χ1) is 18.2. The Morgan fingerprint density at radius 2 is 1.89 bits per heavy atom. The van der Waals surface area contributed by atoms with Crippen LogP contribution in [0.2, 0.25) is 0 Å². The number of aliphatic hydroxyl groups is 1. The molecule has 202 valence electrons. The minimum atomic E-state index is -3.23. The molecular formula is C27H34N6O4S. The largest absolute Gasteiger partial charge is 0.393 e. The number of nitrogens with zero attached hydrogens (tertiary/aromatic N) is 5. The van der Waals surface area contributed by atoms with E-state index in [-0.39, 0.29) is 12.1 Å². The highest BCUT2D eigenvalue weighted by Gasteiger charge is 2.26. The normalized spacial score (nSPS) is 19.1. The molecule has 3 aromatic heterocycles. The summed E-state index contributed by atoms with van der Waals surface area (Å²) in [6.07, 6.45) is 10.0. The van der Waals surface area contributed by atoms with Gasteiger partial charge in [0.25, 0.3) is 0 Å². The molecule has 0 radical (unpaired) electrons. The Hall–Kier alpha value is -3.28. The lowest BCUT2D eigenvalue weighted by molar-refractivity contribution is 0.121. The zero-order chi connectivity index (χ0) is 26.9. The molecule has 3 heterocycles. The molecule has 0 unspecified atom stereocenters. The van der Waals surface area contributed by atoms with Crippen molar-refractivity contribution in [2.24, 2.45) is 0 Å². The molecule has 2 N–H and O–H groups in total. The van der Waals surface area contributed by atoms with E-state index in [4.69, 9.17) is 9.84 Å². The van der Waals surface area contributed by atoms with Crippen LogP contribution in [0.5, 0.6) is 0 Å². The van der Waals surface area contributed by atoms with Gasteiger partial charge in [0.05, 0.1) is 42.1 Å². The van der Waals surface area contributed by atoms with Crippen molar-refractivity contribution in [3.05, 3.63) is 60.2 Å². The summed E-state index contributed by atoms with van der Waals surface area (Å²) in [6, 6.07) is 9.12. The standard InChI is InChI=1S/C27H34N6O4S/c1-18(17-37-2)30-27-28-14-26-24(12-25(33(26)31-27)20-6-8-22(34)9-7-20)21-13-29-32(16-21)15-19-4-10-23(11-5-19)38(3,35)36/h4-5,10-14,16,18,20,22,34H,6-9,15,17H2,1-3H3,(H,30,31)/t18-,20?,22?/m0/s1. The topological polar surface area (TPSA) is 124 Å². The fourth-order valence-electron chi connectivity index (χ4n) is 5.10. The van der Waals surface area contributed by atoms with Gasteiger partial charge < -0.3 is 15.2 Å². The summed E-state index contributed by atoms with van der Waals surface area (Å²) < 4.78 is 32.6. The van der Waals surface area contributed by atoms with Gasteiger partial charge in [0, 0.05) is 48.3 Å².